The van der Waals surface area contributed by atoms with Crippen LogP contribution in [0.1, 0.15) is 30.5 Å². The van der Waals surface area contributed by atoms with Gasteiger partial charge in [0, 0.05) is 24.1 Å². The number of quaternary nitrogens is 1. The van der Waals surface area contributed by atoms with Crippen molar-refractivity contribution in [1.82, 2.24) is 0 Å². The van der Waals surface area contributed by atoms with Crippen LogP contribution in [0.15, 0.2) is 29.1 Å². The van der Waals surface area contributed by atoms with Gasteiger partial charge in [0.1, 0.15) is 6.04 Å². The highest BCUT2D eigenvalue weighted by atomic mass is 16.5. The second-order valence-electron chi connectivity index (χ2n) is 6.81. The molecular formula is C22H29N2O4+. The van der Waals surface area contributed by atoms with Gasteiger partial charge in [-0.05, 0) is 42.7 Å². The van der Waals surface area contributed by atoms with Gasteiger partial charge in [0.05, 0.1) is 34.1 Å². The molecule has 0 aliphatic heterocycles. The number of nitrogens with one attached hydrogen (secondary N) is 1. The predicted molar refractivity (Wildman–Crippen MR) is 111 cm³/mol. The molecule has 3 rings (SSSR count). The summed E-state index contributed by atoms with van der Waals surface area (Å²) in [6.45, 7) is 2.67. The van der Waals surface area contributed by atoms with Crippen LogP contribution in [-0.4, -0.2) is 34.9 Å². The molecule has 0 spiro atoms. The smallest absolute Gasteiger partial charge is 0.203 e. The van der Waals surface area contributed by atoms with Crippen LogP contribution >= 0.6 is 0 Å². The van der Waals surface area contributed by atoms with Crippen LogP contribution in [0.5, 0.6) is 17.2 Å². The first-order valence-corrected chi connectivity index (χ1v) is 9.63. The largest absolute Gasteiger partial charge is 0.493 e. The van der Waals surface area contributed by atoms with E-state index in [2.05, 4.69) is 10.6 Å². The molecule has 0 saturated heterocycles. The first-order chi connectivity index (χ1) is 13.6. The van der Waals surface area contributed by atoms with Crippen molar-refractivity contribution in [3.05, 3.63) is 45.6 Å². The molecule has 0 radical (unpaired) electrons. The minimum absolute atomic E-state index is 0.00200. The van der Waals surface area contributed by atoms with Crippen molar-refractivity contribution < 1.29 is 19.5 Å². The number of fused-ring (bicyclic) bond motifs is 3. The number of methoxy groups -OCH3 is 3. The molecular weight excluding hydrogens is 356 g/mol. The number of rotatable bonds is 6. The molecule has 6 nitrogen and oxygen atoms in total. The third-order valence-electron chi connectivity index (χ3n) is 5.35. The van der Waals surface area contributed by atoms with E-state index in [1.807, 2.05) is 32.2 Å². The molecule has 2 aromatic carbocycles. The molecule has 0 unspecified atom stereocenters. The molecule has 0 heterocycles. The Labute approximate surface area is 165 Å². The Morgan fingerprint density at radius 2 is 1.86 bits per heavy atom. The van der Waals surface area contributed by atoms with Crippen molar-refractivity contribution in [3.8, 4) is 28.4 Å². The highest BCUT2D eigenvalue weighted by Gasteiger charge is 2.29. The van der Waals surface area contributed by atoms with Gasteiger partial charge < -0.3 is 24.8 Å². The van der Waals surface area contributed by atoms with Crippen molar-refractivity contribution in [2.75, 3.05) is 40.2 Å². The minimum atomic E-state index is -0.00200. The van der Waals surface area contributed by atoms with Crippen molar-refractivity contribution in [3.63, 3.8) is 0 Å². The molecule has 0 aromatic heterocycles. The van der Waals surface area contributed by atoms with Crippen LogP contribution in [0, 0.1) is 0 Å². The van der Waals surface area contributed by atoms with Gasteiger partial charge in [-0.2, -0.15) is 0 Å². The highest BCUT2D eigenvalue weighted by molar-refractivity contribution is 5.82. The summed E-state index contributed by atoms with van der Waals surface area (Å²) in [5.41, 5.74) is 4.71. The number of anilines is 1. The Balaban J connectivity index is 2.40. The van der Waals surface area contributed by atoms with Crippen LogP contribution in [0.25, 0.3) is 11.1 Å². The van der Waals surface area contributed by atoms with Crippen LogP contribution in [0.4, 0.5) is 5.69 Å². The van der Waals surface area contributed by atoms with Gasteiger partial charge in [0.15, 0.2) is 11.5 Å². The molecule has 28 heavy (non-hydrogen) atoms. The Morgan fingerprint density at radius 3 is 2.46 bits per heavy atom. The van der Waals surface area contributed by atoms with Gasteiger partial charge in [-0.25, -0.2) is 0 Å². The van der Waals surface area contributed by atoms with Gasteiger partial charge in [0.2, 0.25) is 11.2 Å². The normalized spacial score (nSPS) is 15.1. The molecule has 1 atom stereocenters. The lowest BCUT2D eigenvalue weighted by molar-refractivity contribution is -0.670. The monoisotopic (exact) mass is 385 g/mol. The Morgan fingerprint density at radius 1 is 1.11 bits per heavy atom. The Bertz CT molecular complexity index is 927. The fraction of sp³-hybridized carbons (Fsp3) is 0.409. The number of ether oxygens (including phenoxy) is 3. The second kappa shape index (κ2) is 8.52. The highest BCUT2D eigenvalue weighted by Crippen LogP contribution is 2.49. The molecule has 0 fully saturated rings. The van der Waals surface area contributed by atoms with Crippen molar-refractivity contribution in [1.29, 1.82) is 0 Å². The summed E-state index contributed by atoms with van der Waals surface area (Å²) >= 11 is 0. The number of nitrogens with two attached hydrogens (primary N) is 1. The van der Waals surface area contributed by atoms with Crippen LogP contribution in [0.2, 0.25) is 0 Å². The minimum Gasteiger partial charge on any atom is -0.493 e. The predicted octanol–water partition coefficient (Wildman–Crippen LogP) is 2.35. The summed E-state index contributed by atoms with van der Waals surface area (Å²) in [5.74, 6) is 1.85. The number of benzene rings is 1. The van der Waals surface area contributed by atoms with E-state index in [1.54, 1.807) is 27.4 Å². The fourth-order valence-corrected chi connectivity index (χ4v) is 4.02. The Kier molecular flexibility index (Phi) is 6.09. The van der Waals surface area contributed by atoms with E-state index in [1.165, 1.54) is 0 Å². The number of hydrogen-bond donors (Lipinski definition) is 2. The standard InChI is InChI=1S/C22H28N2O4/c1-6-24-17-10-8-14-15(12-18(17)25)16(23-2)9-7-13-11-19(26-3)21(27-4)22(28-5)20(13)14/h8,10-12,16,23H,6-7,9H2,1-5H3,(H,24,25)/p+1/t16-/m1/s1. The summed E-state index contributed by atoms with van der Waals surface area (Å²) in [7, 11) is 6.92. The van der Waals surface area contributed by atoms with E-state index in [4.69, 9.17) is 14.2 Å². The summed E-state index contributed by atoms with van der Waals surface area (Å²) in [6.07, 6.45) is 1.77. The second-order valence-corrected chi connectivity index (χ2v) is 6.81. The molecule has 3 N–H and O–H groups in total. The molecule has 6 heteroatoms. The number of aryl methyl sites for hydroxylation is 1. The molecule has 2 aromatic rings. The van der Waals surface area contributed by atoms with Crippen molar-refractivity contribution in [2.45, 2.75) is 25.8 Å². The number of hydrogen-bond acceptors (Lipinski definition) is 5. The molecule has 150 valence electrons. The van der Waals surface area contributed by atoms with E-state index in [0.717, 1.165) is 35.1 Å². The zero-order chi connectivity index (χ0) is 20.3. The van der Waals surface area contributed by atoms with E-state index >= 15 is 0 Å². The third-order valence-corrected chi connectivity index (χ3v) is 5.35. The lowest BCUT2D eigenvalue weighted by atomic mass is 9.95. The molecule has 1 aliphatic rings. The third kappa shape index (κ3) is 3.40. The van der Waals surface area contributed by atoms with E-state index in [9.17, 15) is 4.79 Å². The van der Waals surface area contributed by atoms with Gasteiger partial charge in [-0.3, -0.25) is 4.79 Å². The molecule has 0 bridgehead atoms. The SMILES string of the molecule is CCNc1ccc2c(cc1=O)[C@H]([NH2+]C)CCc1cc(OC)c(OC)c(OC)c1-2. The summed E-state index contributed by atoms with van der Waals surface area (Å²) in [4.78, 5) is 12.8. The fourth-order valence-electron chi connectivity index (χ4n) is 4.02. The van der Waals surface area contributed by atoms with Crippen LogP contribution < -0.4 is 30.3 Å². The zero-order valence-electron chi connectivity index (χ0n) is 17.2. The van der Waals surface area contributed by atoms with Crippen LogP contribution in [-0.2, 0) is 6.42 Å². The van der Waals surface area contributed by atoms with Crippen molar-refractivity contribution in [2.24, 2.45) is 0 Å². The maximum absolute atomic E-state index is 12.8. The average Bonchev–Trinajstić information content (AvgIpc) is 2.95. The van der Waals surface area contributed by atoms with Gasteiger partial charge >= 0.3 is 0 Å². The van der Waals surface area contributed by atoms with E-state index in [0.29, 0.717) is 29.5 Å². The first kappa shape index (κ1) is 20.0. The summed E-state index contributed by atoms with van der Waals surface area (Å²) in [6, 6.07) is 7.85. The maximum atomic E-state index is 12.8. The summed E-state index contributed by atoms with van der Waals surface area (Å²) < 4.78 is 16.9. The summed E-state index contributed by atoms with van der Waals surface area (Å²) in [5, 5.41) is 5.33. The van der Waals surface area contributed by atoms with E-state index < -0.39 is 0 Å². The van der Waals surface area contributed by atoms with E-state index in [-0.39, 0.29) is 11.5 Å². The lowest BCUT2D eigenvalue weighted by Crippen LogP contribution is -2.81. The molecule has 0 amide bonds. The van der Waals surface area contributed by atoms with Gasteiger partial charge in [-0.1, -0.05) is 6.07 Å². The lowest BCUT2D eigenvalue weighted by Gasteiger charge is -2.19. The van der Waals surface area contributed by atoms with Crippen LogP contribution in [0.3, 0.4) is 0 Å². The quantitative estimate of drug-likeness (QED) is 0.799. The maximum Gasteiger partial charge on any atom is 0.203 e. The zero-order valence-corrected chi connectivity index (χ0v) is 17.2. The van der Waals surface area contributed by atoms with Gasteiger partial charge in [-0.15, -0.1) is 0 Å². The Hall–Kier alpha value is -2.73. The molecule has 0 saturated carbocycles. The van der Waals surface area contributed by atoms with Gasteiger partial charge in [0.25, 0.3) is 0 Å². The topological polar surface area (TPSA) is 73.4 Å². The first-order valence-electron chi connectivity index (χ1n) is 9.63. The van der Waals surface area contributed by atoms with Crippen molar-refractivity contribution >= 4 is 5.69 Å². The molecule has 1 aliphatic carbocycles. The average molecular weight is 385 g/mol.